The number of fused-ring (bicyclic) bond motifs is 1. The fraction of sp³-hybridized carbons (Fsp3) is 0.375. The zero-order valence-corrected chi connectivity index (χ0v) is 23.4. The molecule has 1 amide bonds. The number of nitrogen functional groups attached to an aromatic ring is 1. The Morgan fingerprint density at radius 1 is 1.07 bits per heavy atom. The maximum atomic E-state index is 11.6. The highest BCUT2D eigenvalue weighted by atomic mass is 16.3. The highest BCUT2D eigenvalue weighted by Crippen LogP contribution is 2.36. The molecule has 5 rings (SSSR count). The van der Waals surface area contributed by atoms with Gasteiger partial charge in [0.1, 0.15) is 0 Å². The number of carbonyl (C=O) groups excluding carboxylic acids is 1. The first-order valence-electron chi connectivity index (χ1n) is 14.3. The van der Waals surface area contributed by atoms with Gasteiger partial charge in [-0.25, -0.2) is 0 Å². The van der Waals surface area contributed by atoms with Crippen molar-refractivity contribution >= 4 is 34.9 Å². The van der Waals surface area contributed by atoms with Gasteiger partial charge in [0.2, 0.25) is 5.91 Å². The van der Waals surface area contributed by atoms with E-state index in [-0.39, 0.29) is 12.6 Å². The molecule has 7 N–H and O–H groups in total. The van der Waals surface area contributed by atoms with Crippen molar-refractivity contribution < 1.29 is 9.90 Å². The zero-order valence-electron chi connectivity index (χ0n) is 23.4. The molecule has 0 spiro atoms. The van der Waals surface area contributed by atoms with Crippen molar-refractivity contribution in [3.63, 3.8) is 0 Å². The predicted octanol–water partition coefficient (Wildman–Crippen LogP) is 5.16. The van der Waals surface area contributed by atoms with Gasteiger partial charge in [-0.1, -0.05) is 62.6 Å². The summed E-state index contributed by atoms with van der Waals surface area (Å²) in [7, 11) is 0. The standard InChI is InChI=1S/C28H31N5O.C4H11NO/c29-23-16-21(28(30)34)12-14-27(23)33(22-9-5-2-6-10-22)18-19-11-13-24-25(15-19)31-17-26(32-24)20-7-3-1-4-8-20;1-2-5-3-4-6/h1,3-4,7-8,11-17,22,26,32H,2,5-6,9-10,18,29H2,(H2,30,34);5-6H,2-4H2,1H3. The van der Waals surface area contributed by atoms with Crippen molar-refractivity contribution in [1.82, 2.24) is 5.32 Å². The Labute approximate surface area is 237 Å². The van der Waals surface area contributed by atoms with Gasteiger partial charge in [-0.2, -0.15) is 0 Å². The number of rotatable bonds is 9. The molecule has 3 aromatic rings. The maximum absolute atomic E-state index is 11.6. The van der Waals surface area contributed by atoms with Crippen molar-refractivity contribution in [1.29, 1.82) is 0 Å². The molecule has 1 heterocycles. The number of nitrogens with zero attached hydrogens (tertiary/aromatic N) is 2. The van der Waals surface area contributed by atoms with Gasteiger partial charge >= 0.3 is 0 Å². The summed E-state index contributed by atoms with van der Waals surface area (Å²) in [6.07, 6.45) is 7.98. The average Bonchev–Trinajstić information content (AvgIpc) is 3.00. The Kier molecular flexibility index (Phi) is 10.5. The van der Waals surface area contributed by atoms with E-state index in [0.717, 1.165) is 49.5 Å². The third-order valence-electron chi connectivity index (χ3n) is 7.42. The van der Waals surface area contributed by atoms with E-state index in [9.17, 15) is 4.79 Å². The zero-order chi connectivity index (χ0) is 28.3. The molecule has 1 atom stereocenters. The number of carbonyl (C=O) groups is 1. The van der Waals surface area contributed by atoms with Crippen LogP contribution in [0, 0.1) is 0 Å². The van der Waals surface area contributed by atoms with Crippen molar-refractivity contribution in [2.75, 3.05) is 35.6 Å². The number of anilines is 3. The van der Waals surface area contributed by atoms with E-state index in [1.54, 1.807) is 12.1 Å². The number of primary amides is 1. The molecule has 40 heavy (non-hydrogen) atoms. The van der Waals surface area contributed by atoms with Crippen LogP contribution in [0.4, 0.5) is 22.7 Å². The molecule has 1 fully saturated rings. The van der Waals surface area contributed by atoms with Crippen LogP contribution >= 0.6 is 0 Å². The van der Waals surface area contributed by atoms with Crippen molar-refractivity contribution in [3.05, 3.63) is 83.4 Å². The Hall–Kier alpha value is -3.88. The molecule has 8 nitrogen and oxygen atoms in total. The molecule has 1 aliphatic carbocycles. The number of benzene rings is 3. The van der Waals surface area contributed by atoms with E-state index in [0.29, 0.717) is 17.3 Å². The lowest BCUT2D eigenvalue weighted by atomic mass is 9.93. The van der Waals surface area contributed by atoms with E-state index < -0.39 is 5.91 Å². The first kappa shape index (κ1) is 29.1. The maximum Gasteiger partial charge on any atom is 0.248 e. The van der Waals surface area contributed by atoms with Gasteiger partial charge in [0.25, 0.3) is 0 Å². The van der Waals surface area contributed by atoms with E-state index in [1.165, 1.54) is 30.4 Å². The summed E-state index contributed by atoms with van der Waals surface area (Å²) < 4.78 is 0. The summed E-state index contributed by atoms with van der Waals surface area (Å²) >= 11 is 0. The van der Waals surface area contributed by atoms with Crippen LogP contribution in [0.3, 0.4) is 0 Å². The van der Waals surface area contributed by atoms with Crippen LogP contribution < -0.4 is 27.0 Å². The molecule has 0 saturated heterocycles. The Balaban J connectivity index is 0.000000557. The minimum absolute atomic E-state index is 0.0712. The fourth-order valence-corrected chi connectivity index (χ4v) is 5.32. The van der Waals surface area contributed by atoms with Gasteiger partial charge in [0.05, 0.1) is 35.4 Å². The van der Waals surface area contributed by atoms with Crippen LogP contribution in [0.25, 0.3) is 0 Å². The summed E-state index contributed by atoms with van der Waals surface area (Å²) in [6, 6.07) is 22.7. The third kappa shape index (κ3) is 7.61. The van der Waals surface area contributed by atoms with Gasteiger partial charge in [0, 0.05) is 30.9 Å². The highest BCUT2D eigenvalue weighted by Gasteiger charge is 2.24. The quantitative estimate of drug-likeness (QED) is 0.188. The number of hydrogen-bond acceptors (Lipinski definition) is 7. The lowest BCUT2D eigenvalue weighted by Gasteiger charge is -2.37. The Morgan fingerprint density at radius 2 is 1.85 bits per heavy atom. The molecule has 212 valence electrons. The molecule has 0 aromatic heterocycles. The van der Waals surface area contributed by atoms with Crippen molar-refractivity contribution in [2.24, 2.45) is 10.7 Å². The lowest BCUT2D eigenvalue weighted by Crippen LogP contribution is -2.37. The molecular weight excluding hydrogens is 500 g/mol. The molecule has 2 aliphatic rings. The normalized spacial score (nSPS) is 16.3. The summed E-state index contributed by atoms with van der Waals surface area (Å²) in [5.74, 6) is -0.462. The van der Waals surface area contributed by atoms with E-state index in [2.05, 4.69) is 45.9 Å². The Bertz CT molecular complexity index is 1270. The number of likely N-dealkylation sites (N-methyl/N-ethyl adjacent to an activating group) is 1. The number of nitrogens with one attached hydrogen (secondary N) is 2. The molecular formula is C32H42N6O2. The summed E-state index contributed by atoms with van der Waals surface area (Å²) in [4.78, 5) is 18.8. The van der Waals surface area contributed by atoms with E-state index in [1.807, 2.05) is 37.4 Å². The van der Waals surface area contributed by atoms with Gasteiger partial charge in [-0.05, 0) is 60.8 Å². The molecule has 0 radical (unpaired) electrons. The average molecular weight is 543 g/mol. The molecule has 3 aromatic carbocycles. The SMILES string of the molecule is CCNCCO.NC(=O)c1ccc(N(Cc2ccc3c(c2)N=CC(c2ccccc2)N3)C2CCCCC2)c(N)c1. The first-order chi connectivity index (χ1) is 19.5. The lowest BCUT2D eigenvalue weighted by molar-refractivity contribution is 0.100. The fourth-order valence-electron chi connectivity index (χ4n) is 5.32. The number of aliphatic hydroxyl groups is 1. The van der Waals surface area contributed by atoms with Gasteiger partial charge in [-0.3, -0.25) is 9.79 Å². The summed E-state index contributed by atoms with van der Waals surface area (Å²) in [5.41, 5.74) is 18.2. The Morgan fingerprint density at radius 3 is 2.50 bits per heavy atom. The molecule has 0 bridgehead atoms. The van der Waals surface area contributed by atoms with Crippen LogP contribution in [-0.2, 0) is 6.54 Å². The van der Waals surface area contributed by atoms with E-state index in [4.69, 9.17) is 21.6 Å². The second kappa shape index (κ2) is 14.5. The molecule has 1 unspecified atom stereocenters. The number of aliphatic hydroxyl groups excluding tert-OH is 1. The molecule has 1 saturated carbocycles. The minimum Gasteiger partial charge on any atom is -0.397 e. The second-order valence-electron chi connectivity index (χ2n) is 10.3. The van der Waals surface area contributed by atoms with E-state index >= 15 is 0 Å². The van der Waals surface area contributed by atoms with Crippen molar-refractivity contribution in [3.8, 4) is 0 Å². The smallest absolute Gasteiger partial charge is 0.248 e. The van der Waals surface area contributed by atoms with Crippen LogP contribution in [0.5, 0.6) is 0 Å². The second-order valence-corrected chi connectivity index (χ2v) is 10.3. The topological polar surface area (TPSA) is 129 Å². The van der Waals surface area contributed by atoms with Crippen LogP contribution in [0.2, 0.25) is 0 Å². The summed E-state index contributed by atoms with van der Waals surface area (Å²) in [5, 5.41) is 14.7. The van der Waals surface area contributed by atoms with Gasteiger partial charge in [0.15, 0.2) is 0 Å². The minimum atomic E-state index is -0.462. The van der Waals surface area contributed by atoms with Crippen molar-refractivity contribution in [2.45, 2.75) is 57.7 Å². The summed E-state index contributed by atoms with van der Waals surface area (Å²) in [6.45, 7) is 4.65. The number of amides is 1. The first-order valence-corrected chi connectivity index (χ1v) is 14.3. The monoisotopic (exact) mass is 542 g/mol. The highest BCUT2D eigenvalue weighted by molar-refractivity contribution is 5.95. The predicted molar refractivity (Wildman–Crippen MR) is 165 cm³/mol. The largest absolute Gasteiger partial charge is 0.397 e. The van der Waals surface area contributed by atoms with Gasteiger partial charge in [-0.15, -0.1) is 0 Å². The number of aliphatic imine (C=N–C) groups is 1. The van der Waals surface area contributed by atoms with Crippen LogP contribution in [-0.4, -0.2) is 43.0 Å². The van der Waals surface area contributed by atoms with Crippen LogP contribution in [0.15, 0.2) is 71.7 Å². The number of nitrogens with two attached hydrogens (primary N) is 2. The third-order valence-corrected chi connectivity index (χ3v) is 7.42. The molecule has 1 aliphatic heterocycles. The molecule has 8 heteroatoms. The van der Waals surface area contributed by atoms with Crippen LogP contribution in [0.1, 0.15) is 66.6 Å². The van der Waals surface area contributed by atoms with Gasteiger partial charge < -0.3 is 32.1 Å². The number of hydrogen-bond donors (Lipinski definition) is 5.